The standard InChI is InChI=1S/C22H13BrN2O5S/c23-14-5-1-3-12(9-14)18-8-7-16(30-18)11-17-19(26)24-22(31)25(20(17)27)15-6-2-4-13(10-15)21(28)29/h1-11H,(H,28,29)(H,24,26,31). The van der Waals surface area contributed by atoms with Crippen molar-refractivity contribution in [1.82, 2.24) is 5.32 Å². The molecule has 0 saturated carbocycles. The number of amides is 2. The van der Waals surface area contributed by atoms with Crippen LogP contribution in [-0.2, 0) is 9.59 Å². The molecule has 4 rings (SSSR count). The second kappa shape index (κ2) is 8.29. The zero-order chi connectivity index (χ0) is 22.1. The third-order valence-corrected chi connectivity index (χ3v) is 5.25. The molecule has 1 aliphatic rings. The molecule has 154 valence electrons. The lowest BCUT2D eigenvalue weighted by molar-refractivity contribution is -0.122. The Hall–Kier alpha value is -3.56. The minimum absolute atomic E-state index is 0.0137. The number of furan rings is 1. The molecule has 1 aliphatic heterocycles. The SMILES string of the molecule is O=C1NC(=S)N(c2cccc(C(=O)O)c2)C(=O)C1=Cc1ccc(-c2cccc(Br)c2)o1. The molecule has 2 N–H and O–H groups in total. The molecule has 0 bridgehead atoms. The lowest BCUT2D eigenvalue weighted by Gasteiger charge is -2.28. The van der Waals surface area contributed by atoms with Gasteiger partial charge in [0.1, 0.15) is 17.1 Å². The van der Waals surface area contributed by atoms with Gasteiger partial charge in [-0.05, 0) is 60.8 Å². The Morgan fingerprint density at radius 3 is 2.61 bits per heavy atom. The number of anilines is 1. The highest BCUT2D eigenvalue weighted by Crippen LogP contribution is 2.27. The molecular weight excluding hydrogens is 484 g/mol. The molecule has 2 heterocycles. The number of aromatic carboxylic acids is 1. The van der Waals surface area contributed by atoms with Crippen molar-refractivity contribution in [3.05, 3.63) is 82.0 Å². The number of nitrogens with one attached hydrogen (secondary N) is 1. The Balaban J connectivity index is 1.68. The van der Waals surface area contributed by atoms with Crippen LogP contribution in [0, 0.1) is 0 Å². The van der Waals surface area contributed by atoms with Crippen LogP contribution in [0.2, 0.25) is 0 Å². The summed E-state index contributed by atoms with van der Waals surface area (Å²) in [5.41, 5.74) is 0.853. The van der Waals surface area contributed by atoms with Crippen molar-refractivity contribution in [2.75, 3.05) is 4.90 Å². The fourth-order valence-corrected chi connectivity index (χ4v) is 3.72. The average Bonchev–Trinajstić information content (AvgIpc) is 3.20. The summed E-state index contributed by atoms with van der Waals surface area (Å²) in [5.74, 6) is -1.62. The van der Waals surface area contributed by atoms with Gasteiger partial charge >= 0.3 is 5.97 Å². The smallest absolute Gasteiger partial charge is 0.335 e. The van der Waals surface area contributed by atoms with Gasteiger partial charge < -0.3 is 9.52 Å². The van der Waals surface area contributed by atoms with Gasteiger partial charge in [-0.1, -0.05) is 34.1 Å². The molecule has 1 aromatic heterocycles. The Bertz CT molecular complexity index is 1280. The van der Waals surface area contributed by atoms with E-state index >= 15 is 0 Å². The maximum Gasteiger partial charge on any atom is 0.335 e. The molecular formula is C22H13BrN2O5S. The molecule has 2 aromatic carbocycles. The summed E-state index contributed by atoms with van der Waals surface area (Å²) in [5, 5.41) is 11.5. The Labute approximate surface area is 190 Å². The van der Waals surface area contributed by atoms with Gasteiger partial charge in [-0.25, -0.2) is 4.79 Å². The second-order valence-electron chi connectivity index (χ2n) is 6.53. The van der Waals surface area contributed by atoms with Crippen LogP contribution < -0.4 is 10.2 Å². The zero-order valence-electron chi connectivity index (χ0n) is 15.7. The number of halogens is 1. The first-order chi connectivity index (χ1) is 14.8. The van der Waals surface area contributed by atoms with Crippen LogP contribution in [0.4, 0.5) is 5.69 Å². The van der Waals surface area contributed by atoms with Crippen molar-refractivity contribution < 1.29 is 23.9 Å². The van der Waals surface area contributed by atoms with E-state index in [1.807, 2.05) is 24.3 Å². The quantitative estimate of drug-likeness (QED) is 0.318. The topological polar surface area (TPSA) is 99.9 Å². The molecule has 0 atom stereocenters. The van der Waals surface area contributed by atoms with Crippen LogP contribution >= 0.6 is 28.1 Å². The lowest BCUT2D eigenvalue weighted by atomic mass is 10.1. The van der Waals surface area contributed by atoms with Gasteiger partial charge in [0.25, 0.3) is 11.8 Å². The van der Waals surface area contributed by atoms with E-state index in [9.17, 15) is 19.5 Å². The van der Waals surface area contributed by atoms with Gasteiger partial charge in [0.2, 0.25) is 0 Å². The highest BCUT2D eigenvalue weighted by Gasteiger charge is 2.35. The number of rotatable bonds is 4. The molecule has 2 amide bonds. The van der Waals surface area contributed by atoms with Crippen LogP contribution in [0.15, 0.2) is 75.1 Å². The number of carboxylic acids is 1. The third kappa shape index (κ3) is 4.18. The number of carboxylic acid groups (broad SMARTS) is 1. The van der Waals surface area contributed by atoms with Gasteiger partial charge in [0, 0.05) is 10.0 Å². The molecule has 31 heavy (non-hydrogen) atoms. The number of nitrogens with zero attached hydrogens (tertiary/aromatic N) is 1. The van der Waals surface area contributed by atoms with Crippen molar-refractivity contribution in [3.63, 3.8) is 0 Å². The highest BCUT2D eigenvalue weighted by atomic mass is 79.9. The fraction of sp³-hybridized carbons (Fsp3) is 0. The molecule has 0 spiro atoms. The molecule has 7 nitrogen and oxygen atoms in total. The van der Waals surface area contributed by atoms with Crippen LogP contribution in [0.5, 0.6) is 0 Å². The van der Waals surface area contributed by atoms with E-state index in [4.69, 9.17) is 16.6 Å². The van der Waals surface area contributed by atoms with Crippen molar-refractivity contribution in [2.24, 2.45) is 0 Å². The molecule has 1 saturated heterocycles. The fourth-order valence-electron chi connectivity index (χ4n) is 3.04. The van der Waals surface area contributed by atoms with Gasteiger partial charge in [-0.2, -0.15) is 0 Å². The van der Waals surface area contributed by atoms with Gasteiger partial charge in [-0.3, -0.25) is 19.8 Å². The van der Waals surface area contributed by atoms with Crippen LogP contribution in [0.25, 0.3) is 17.4 Å². The minimum atomic E-state index is -1.15. The zero-order valence-corrected chi connectivity index (χ0v) is 18.1. The first-order valence-corrected chi connectivity index (χ1v) is 10.1. The van der Waals surface area contributed by atoms with Crippen molar-refractivity contribution >= 4 is 62.8 Å². The van der Waals surface area contributed by atoms with E-state index in [0.29, 0.717) is 11.5 Å². The van der Waals surface area contributed by atoms with Crippen molar-refractivity contribution in [2.45, 2.75) is 0 Å². The number of carbonyl (C=O) groups excluding carboxylic acids is 2. The summed E-state index contributed by atoms with van der Waals surface area (Å²) in [6, 6.07) is 16.6. The second-order valence-corrected chi connectivity index (χ2v) is 7.83. The van der Waals surface area contributed by atoms with Gasteiger partial charge in [0.05, 0.1) is 11.3 Å². The van der Waals surface area contributed by atoms with E-state index in [0.717, 1.165) is 14.9 Å². The van der Waals surface area contributed by atoms with Crippen LogP contribution in [0.3, 0.4) is 0 Å². The molecule has 0 aliphatic carbocycles. The average molecular weight is 497 g/mol. The monoisotopic (exact) mass is 496 g/mol. The van der Waals surface area contributed by atoms with Crippen LogP contribution in [-0.4, -0.2) is 28.0 Å². The Morgan fingerprint density at radius 1 is 1.10 bits per heavy atom. The highest BCUT2D eigenvalue weighted by molar-refractivity contribution is 9.10. The maximum atomic E-state index is 13.1. The predicted octanol–water partition coefficient (Wildman–Crippen LogP) is 4.24. The summed E-state index contributed by atoms with van der Waals surface area (Å²) in [6.07, 6.45) is 1.33. The maximum absolute atomic E-state index is 13.1. The minimum Gasteiger partial charge on any atom is -0.478 e. The Morgan fingerprint density at radius 2 is 1.87 bits per heavy atom. The lowest BCUT2D eigenvalue weighted by Crippen LogP contribution is -2.54. The van der Waals surface area contributed by atoms with Gasteiger partial charge in [-0.15, -0.1) is 0 Å². The largest absolute Gasteiger partial charge is 0.478 e. The van der Waals surface area contributed by atoms with E-state index in [2.05, 4.69) is 21.2 Å². The first kappa shape index (κ1) is 20.7. The summed E-state index contributed by atoms with van der Waals surface area (Å²) in [6.45, 7) is 0. The Kier molecular flexibility index (Phi) is 5.53. The first-order valence-electron chi connectivity index (χ1n) is 8.94. The number of hydrogen-bond donors (Lipinski definition) is 2. The molecule has 0 unspecified atom stereocenters. The molecule has 9 heteroatoms. The number of hydrogen-bond acceptors (Lipinski definition) is 5. The van der Waals surface area contributed by atoms with E-state index in [1.54, 1.807) is 12.1 Å². The number of benzene rings is 2. The molecule has 3 aromatic rings. The summed E-state index contributed by atoms with van der Waals surface area (Å²) in [7, 11) is 0. The number of carbonyl (C=O) groups is 3. The summed E-state index contributed by atoms with van der Waals surface area (Å²) < 4.78 is 6.67. The van der Waals surface area contributed by atoms with Crippen molar-refractivity contribution in [1.29, 1.82) is 0 Å². The van der Waals surface area contributed by atoms with E-state index in [1.165, 1.54) is 30.3 Å². The summed E-state index contributed by atoms with van der Waals surface area (Å²) >= 11 is 8.54. The molecule has 1 fully saturated rings. The summed E-state index contributed by atoms with van der Waals surface area (Å²) in [4.78, 5) is 37.8. The third-order valence-electron chi connectivity index (χ3n) is 4.48. The van der Waals surface area contributed by atoms with E-state index in [-0.39, 0.29) is 21.9 Å². The van der Waals surface area contributed by atoms with Crippen LogP contribution in [0.1, 0.15) is 16.1 Å². The normalized spacial score (nSPS) is 15.3. The van der Waals surface area contributed by atoms with Gasteiger partial charge in [0.15, 0.2) is 5.11 Å². The number of thiocarbonyl (C=S) groups is 1. The van der Waals surface area contributed by atoms with E-state index < -0.39 is 17.8 Å². The molecule has 0 radical (unpaired) electrons. The predicted molar refractivity (Wildman–Crippen MR) is 121 cm³/mol. The van der Waals surface area contributed by atoms with Crippen molar-refractivity contribution in [3.8, 4) is 11.3 Å².